The van der Waals surface area contributed by atoms with Crippen LogP contribution in [0, 0.1) is 22.7 Å². The number of fused-ring (bicyclic) bond motifs is 12. The van der Waals surface area contributed by atoms with E-state index in [9.17, 15) is 10.5 Å². The monoisotopic (exact) mass is 791 g/mol. The van der Waals surface area contributed by atoms with E-state index in [1.807, 2.05) is 24.3 Å². The molecule has 2 heterocycles. The Bertz CT molecular complexity index is 3700. The number of anilines is 3. The second kappa shape index (κ2) is 13.3. The van der Waals surface area contributed by atoms with Crippen molar-refractivity contribution >= 4 is 71.4 Å². The molecule has 0 atom stereocenters. The van der Waals surface area contributed by atoms with Gasteiger partial charge in [-0.2, -0.15) is 10.5 Å². The van der Waals surface area contributed by atoms with E-state index in [1.54, 1.807) is 0 Å². The number of benzene rings is 9. The van der Waals surface area contributed by atoms with E-state index < -0.39 is 0 Å². The lowest BCUT2D eigenvalue weighted by Gasteiger charge is -2.25. The lowest BCUT2D eigenvalue weighted by molar-refractivity contribution is 0.666. The highest BCUT2D eigenvalue weighted by Gasteiger charge is 2.38. The molecule has 0 fully saturated rings. The number of para-hydroxylation sites is 3. The molecule has 0 spiro atoms. The minimum absolute atomic E-state index is 0.236. The number of hydrogen-bond acceptors (Lipinski definition) is 3. The molecule has 290 valence electrons. The van der Waals surface area contributed by atoms with Gasteiger partial charge in [0, 0.05) is 44.0 Å². The van der Waals surface area contributed by atoms with Gasteiger partial charge in [0.25, 0.3) is 0 Å². The highest BCUT2D eigenvalue weighted by atomic mass is 15.1. The minimum Gasteiger partial charge on any atom is -0.310 e. The van der Waals surface area contributed by atoms with Crippen LogP contribution in [0.4, 0.5) is 17.1 Å². The Labute approximate surface area is 358 Å². The fourth-order valence-electron chi connectivity index (χ4n) is 10.5. The molecular weight excluding hydrogens is 755 g/mol. The third-order valence-electron chi connectivity index (χ3n) is 13.1. The Morgan fingerprint density at radius 2 is 0.984 bits per heavy atom. The Hall–Kier alpha value is -8.38. The van der Waals surface area contributed by atoms with Crippen LogP contribution in [-0.4, -0.2) is 9.13 Å². The predicted octanol–water partition coefficient (Wildman–Crippen LogP) is 14.6. The van der Waals surface area contributed by atoms with Crippen LogP contribution in [-0.2, 0) is 5.41 Å². The van der Waals surface area contributed by atoms with Crippen molar-refractivity contribution in [2.75, 3.05) is 4.90 Å². The van der Waals surface area contributed by atoms with Gasteiger partial charge in [-0.1, -0.05) is 129 Å². The number of nitrogens with zero attached hydrogens (tertiary/aromatic N) is 5. The quantitative estimate of drug-likeness (QED) is 0.174. The molecule has 0 saturated carbocycles. The van der Waals surface area contributed by atoms with Gasteiger partial charge in [0.1, 0.15) is 12.1 Å². The van der Waals surface area contributed by atoms with Gasteiger partial charge in [0.05, 0.1) is 44.6 Å². The first-order chi connectivity index (χ1) is 30.5. The van der Waals surface area contributed by atoms with Crippen LogP contribution in [0.15, 0.2) is 188 Å². The van der Waals surface area contributed by atoms with Gasteiger partial charge >= 0.3 is 0 Å². The summed E-state index contributed by atoms with van der Waals surface area (Å²) < 4.78 is 4.37. The summed E-state index contributed by atoms with van der Waals surface area (Å²) in [6.07, 6.45) is 0. The molecule has 0 radical (unpaired) electrons. The third-order valence-corrected chi connectivity index (χ3v) is 13.1. The van der Waals surface area contributed by atoms with E-state index in [0.29, 0.717) is 22.5 Å². The first-order valence-electron chi connectivity index (χ1n) is 21.0. The molecule has 12 rings (SSSR count). The number of nitriles is 2. The Morgan fingerprint density at radius 1 is 0.435 bits per heavy atom. The Kier molecular flexibility index (Phi) is 7.64. The summed E-state index contributed by atoms with van der Waals surface area (Å²) in [6, 6.07) is 70.8. The first kappa shape index (κ1) is 35.6. The predicted molar refractivity (Wildman–Crippen MR) is 254 cm³/mol. The van der Waals surface area contributed by atoms with Crippen molar-refractivity contribution in [3.63, 3.8) is 0 Å². The van der Waals surface area contributed by atoms with Crippen LogP contribution in [0.25, 0.3) is 76.9 Å². The van der Waals surface area contributed by atoms with E-state index in [0.717, 1.165) is 66.1 Å². The van der Waals surface area contributed by atoms with Crippen LogP contribution in [0.5, 0.6) is 0 Å². The third kappa shape index (κ3) is 4.94. The summed E-state index contributed by atoms with van der Waals surface area (Å²) in [7, 11) is 0. The van der Waals surface area contributed by atoms with Gasteiger partial charge in [-0.3, -0.25) is 0 Å². The zero-order valence-corrected chi connectivity index (χ0v) is 34.1. The van der Waals surface area contributed by atoms with Crippen molar-refractivity contribution in [2.24, 2.45) is 0 Å². The molecule has 0 amide bonds. The molecule has 0 N–H and O–H groups in total. The van der Waals surface area contributed by atoms with Crippen molar-refractivity contribution in [1.29, 1.82) is 10.5 Å². The van der Waals surface area contributed by atoms with Crippen LogP contribution < -0.4 is 4.90 Å². The molecule has 1 aliphatic carbocycles. The summed E-state index contributed by atoms with van der Waals surface area (Å²) in [6.45, 7) is 4.62. The maximum absolute atomic E-state index is 11.1. The minimum atomic E-state index is -0.236. The van der Waals surface area contributed by atoms with Crippen molar-refractivity contribution in [3.8, 4) is 34.6 Å². The highest BCUT2D eigenvalue weighted by Crippen LogP contribution is 2.53. The molecule has 0 aliphatic heterocycles. The smallest absolute Gasteiger partial charge is 0.101 e. The van der Waals surface area contributed by atoms with Crippen molar-refractivity contribution in [2.45, 2.75) is 19.3 Å². The molecule has 2 aromatic heterocycles. The van der Waals surface area contributed by atoms with E-state index in [1.165, 1.54) is 27.6 Å². The van der Waals surface area contributed by atoms with Crippen molar-refractivity contribution < 1.29 is 0 Å². The van der Waals surface area contributed by atoms with Gasteiger partial charge in [-0.25, -0.2) is 0 Å². The molecule has 5 heteroatoms. The van der Waals surface area contributed by atoms with E-state index in [2.05, 4.69) is 204 Å². The summed E-state index contributed by atoms with van der Waals surface area (Å²) in [5, 5.41) is 29.0. The fraction of sp³-hybridized carbons (Fsp3) is 0.0526. The largest absolute Gasteiger partial charge is 0.310 e. The lowest BCUT2D eigenvalue weighted by Crippen LogP contribution is -2.15. The van der Waals surface area contributed by atoms with Crippen molar-refractivity contribution in [3.05, 3.63) is 210 Å². The number of aromatic nitrogens is 2. The Morgan fingerprint density at radius 3 is 1.68 bits per heavy atom. The first-order valence-corrected chi connectivity index (χ1v) is 21.0. The molecule has 0 unspecified atom stereocenters. The van der Waals surface area contributed by atoms with Gasteiger partial charge < -0.3 is 14.0 Å². The van der Waals surface area contributed by atoms with Gasteiger partial charge in [0.15, 0.2) is 0 Å². The SMILES string of the molecule is CC1(C)c2ccccc2-c2ccc3c(c21)c1ccccc1n3-c1cc(C#N)c(-n2c3ccc(N(c4ccccc4)c4ccccc4)cc3c3c4ccccc4ccc32)cc1C#N. The fourth-order valence-corrected chi connectivity index (χ4v) is 10.5. The molecule has 62 heavy (non-hydrogen) atoms. The normalized spacial score (nSPS) is 12.8. The topological polar surface area (TPSA) is 60.7 Å². The number of rotatable bonds is 5. The van der Waals surface area contributed by atoms with Crippen LogP contribution >= 0.6 is 0 Å². The van der Waals surface area contributed by atoms with Crippen LogP contribution in [0.2, 0.25) is 0 Å². The van der Waals surface area contributed by atoms with Crippen molar-refractivity contribution in [1.82, 2.24) is 9.13 Å². The standard InChI is InChI=1S/C57H37N5/c1-57(2)47-23-13-11-21-43(47)44-27-30-51-55(56(44)57)45-22-12-14-24-48(45)61(51)52-31-38(35-59)53(32-37(52)34-58)62-49-29-26-41(60(39-16-5-3-6-17-39)40-18-7-4-8-19-40)33-46(49)54-42-20-10-9-15-36(42)25-28-50(54)62/h3-33H,1-2H3. The summed E-state index contributed by atoms with van der Waals surface area (Å²) in [5.74, 6) is 0. The molecule has 1 aliphatic rings. The maximum Gasteiger partial charge on any atom is 0.101 e. The van der Waals surface area contributed by atoms with E-state index >= 15 is 0 Å². The number of hydrogen-bond donors (Lipinski definition) is 0. The molecule has 0 bridgehead atoms. The van der Waals surface area contributed by atoms with E-state index in [4.69, 9.17) is 0 Å². The summed E-state index contributed by atoms with van der Waals surface area (Å²) >= 11 is 0. The molecule has 5 nitrogen and oxygen atoms in total. The highest BCUT2D eigenvalue weighted by molar-refractivity contribution is 6.22. The second-order valence-corrected chi connectivity index (χ2v) is 16.7. The molecule has 0 saturated heterocycles. The average molecular weight is 792 g/mol. The van der Waals surface area contributed by atoms with Gasteiger partial charge in [-0.15, -0.1) is 0 Å². The summed E-state index contributed by atoms with van der Waals surface area (Å²) in [4.78, 5) is 2.28. The zero-order valence-electron chi connectivity index (χ0n) is 34.1. The Balaban J connectivity index is 1.12. The second-order valence-electron chi connectivity index (χ2n) is 16.7. The van der Waals surface area contributed by atoms with Crippen LogP contribution in [0.1, 0.15) is 36.1 Å². The van der Waals surface area contributed by atoms with E-state index in [-0.39, 0.29) is 5.41 Å². The van der Waals surface area contributed by atoms with Crippen LogP contribution in [0.3, 0.4) is 0 Å². The van der Waals surface area contributed by atoms with Gasteiger partial charge in [0.2, 0.25) is 0 Å². The molecular formula is C57H37N5. The summed E-state index contributed by atoms with van der Waals surface area (Å²) in [5.41, 5.74) is 14.2. The zero-order chi connectivity index (χ0) is 41.7. The maximum atomic E-state index is 11.1. The van der Waals surface area contributed by atoms with Gasteiger partial charge in [-0.05, 0) is 106 Å². The molecule has 9 aromatic carbocycles. The molecule has 11 aromatic rings. The average Bonchev–Trinajstić information content (AvgIpc) is 3.92. The lowest BCUT2D eigenvalue weighted by atomic mass is 9.80.